The van der Waals surface area contributed by atoms with E-state index in [1.807, 2.05) is 6.92 Å². The van der Waals surface area contributed by atoms with Gasteiger partial charge in [0.2, 0.25) is 0 Å². The zero-order chi connectivity index (χ0) is 19.5. The molecule has 0 radical (unpaired) electrons. The zero-order valence-electron chi connectivity index (χ0n) is 14.4. The maximum absolute atomic E-state index is 13.1. The number of likely N-dealkylation sites (tertiary alicyclic amines) is 1. The summed E-state index contributed by atoms with van der Waals surface area (Å²) in [4.78, 5) is 31.3. The molecule has 0 aliphatic carbocycles. The number of amides is 2. The van der Waals surface area contributed by atoms with Crippen molar-refractivity contribution in [2.24, 2.45) is 0 Å². The van der Waals surface area contributed by atoms with Gasteiger partial charge in [0, 0.05) is 13.5 Å². The van der Waals surface area contributed by atoms with E-state index >= 15 is 0 Å². The Morgan fingerprint density at radius 1 is 1.54 bits per heavy atom. The molecule has 0 unspecified atom stereocenters. The van der Waals surface area contributed by atoms with Crippen molar-refractivity contribution in [1.29, 1.82) is 0 Å². The van der Waals surface area contributed by atoms with Crippen LogP contribution in [0, 0.1) is 0 Å². The number of alkyl halides is 2. The number of ether oxygens (including phenoxy) is 1. The molecule has 1 aliphatic rings. The van der Waals surface area contributed by atoms with Gasteiger partial charge in [0.15, 0.2) is 11.0 Å². The first kappa shape index (κ1) is 20.4. The predicted octanol–water partition coefficient (Wildman–Crippen LogP) is 2.15. The molecule has 1 aromatic rings. The number of carbonyl (C=O) groups is 2. The standard InChI is InChI=1S/C15H21ClF2N4O4/c1-3-8-11(16)21-12(19-8)13(23)20-9-4-5-22(14(24)25)6-10(9)26-7-15(2,17)18/h9-10H,3-7H2,1-2H3,(H,19,21)(H,20,23)(H,24,25)/t9-,10+/m1/s1. The van der Waals surface area contributed by atoms with E-state index in [4.69, 9.17) is 21.4 Å². The molecule has 2 heterocycles. The Morgan fingerprint density at radius 2 is 2.23 bits per heavy atom. The van der Waals surface area contributed by atoms with E-state index in [1.165, 1.54) is 0 Å². The molecular formula is C15H21ClF2N4O4. The van der Waals surface area contributed by atoms with E-state index in [0.29, 0.717) is 19.0 Å². The van der Waals surface area contributed by atoms with Crippen molar-refractivity contribution < 1.29 is 28.2 Å². The molecule has 0 bridgehead atoms. The van der Waals surface area contributed by atoms with Crippen LogP contribution >= 0.6 is 11.6 Å². The zero-order valence-corrected chi connectivity index (χ0v) is 15.1. The average molecular weight is 395 g/mol. The summed E-state index contributed by atoms with van der Waals surface area (Å²) < 4.78 is 31.4. The van der Waals surface area contributed by atoms with Crippen LogP contribution in [0.2, 0.25) is 5.15 Å². The van der Waals surface area contributed by atoms with E-state index in [9.17, 15) is 18.4 Å². The summed E-state index contributed by atoms with van der Waals surface area (Å²) in [6, 6.07) is -0.630. The lowest BCUT2D eigenvalue weighted by Crippen LogP contribution is -2.56. The van der Waals surface area contributed by atoms with Crippen LogP contribution in [-0.4, -0.2) is 69.7 Å². The molecule has 3 N–H and O–H groups in total. The minimum atomic E-state index is -3.06. The van der Waals surface area contributed by atoms with Crippen molar-refractivity contribution in [2.75, 3.05) is 19.7 Å². The number of aromatic amines is 1. The van der Waals surface area contributed by atoms with Crippen LogP contribution in [0.15, 0.2) is 0 Å². The van der Waals surface area contributed by atoms with Crippen LogP contribution in [-0.2, 0) is 11.2 Å². The summed E-state index contributed by atoms with van der Waals surface area (Å²) in [5.74, 6) is -3.62. The quantitative estimate of drug-likeness (QED) is 0.685. The monoisotopic (exact) mass is 394 g/mol. The van der Waals surface area contributed by atoms with Crippen molar-refractivity contribution >= 4 is 23.6 Å². The Bertz CT molecular complexity index is 665. The van der Waals surface area contributed by atoms with E-state index in [2.05, 4.69) is 15.3 Å². The number of H-pyrrole nitrogens is 1. The topological polar surface area (TPSA) is 108 Å². The number of hydrogen-bond donors (Lipinski definition) is 3. The SMILES string of the molecule is CCc1[nH]c(C(=O)N[C@@H]2CCN(C(=O)O)C[C@@H]2OCC(C)(F)F)nc1Cl. The third-order valence-corrected chi connectivity index (χ3v) is 4.31. The van der Waals surface area contributed by atoms with Crippen LogP contribution in [0.3, 0.4) is 0 Å². The van der Waals surface area contributed by atoms with Gasteiger partial charge in [-0.05, 0) is 12.8 Å². The fraction of sp³-hybridized carbons (Fsp3) is 0.667. The lowest BCUT2D eigenvalue weighted by molar-refractivity contribution is -0.105. The number of imidazole rings is 1. The molecule has 11 heteroatoms. The summed E-state index contributed by atoms with van der Waals surface area (Å²) in [5.41, 5.74) is 0.607. The second-order valence-corrected chi connectivity index (χ2v) is 6.58. The van der Waals surface area contributed by atoms with Gasteiger partial charge in [-0.25, -0.2) is 18.6 Å². The predicted molar refractivity (Wildman–Crippen MR) is 88.8 cm³/mol. The van der Waals surface area contributed by atoms with Crippen LogP contribution < -0.4 is 5.32 Å². The third kappa shape index (κ3) is 5.28. The van der Waals surface area contributed by atoms with Gasteiger partial charge in [-0.1, -0.05) is 18.5 Å². The molecule has 0 aromatic carbocycles. The number of carbonyl (C=O) groups excluding carboxylic acids is 1. The van der Waals surface area contributed by atoms with Gasteiger partial charge in [0.25, 0.3) is 11.8 Å². The van der Waals surface area contributed by atoms with Crippen LogP contribution in [0.25, 0.3) is 0 Å². The van der Waals surface area contributed by atoms with E-state index in [1.54, 1.807) is 0 Å². The minimum absolute atomic E-state index is 0.00656. The Labute approximate surface area is 153 Å². The van der Waals surface area contributed by atoms with Gasteiger partial charge in [-0.3, -0.25) is 4.79 Å². The highest BCUT2D eigenvalue weighted by Gasteiger charge is 2.35. The molecule has 1 aromatic heterocycles. The molecule has 0 spiro atoms. The minimum Gasteiger partial charge on any atom is -0.465 e. The number of aromatic nitrogens is 2. The summed E-state index contributed by atoms with van der Waals surface area (Å²) in [6.07, 6.45) is -1.27. The third-order valence-electron chi connectivity index (χ3n) is 3.99. The molecule has 1 aliphatic heterocycles. The molecule has 2 atom stereocenters. The van der Waals surface area contributed by atoms with Crippen molar-refractivity contribution in [3.8, 4) is 0 Å². The smallest absolute Gasteiger partial charge is 0.407 e. The Hall–Kier alpha value is -1.94. The fourth-order valence-corrected chi connectivity index (χ4v) is 2.91. The number of halogens is 3. The number of carboxylic acid groups (broad SMARTS) is 1. The number of nitrogens with zero attached hydrogens (tertiary/aromatic N) is 2. The molecular weight excluding hydrogens is 374 g/mol. The van der Waals surface area contributed by atoms with Crippen LogP contribution in [0.5, 0.6) is 0 Å². The van der Waals surface area contributed by atoms with Gasteiger partial charge >= 0.3 is 6.09 Å². The Balaban J connectivity index is 2.07. The van der Waals surface area contributed by atoms with Crippen molar-refractivity contribution in [1.82, 2.24) is 20.2 Å². The van der Waals surface area contributed by atoms with Crippen LogP contribution in [0.1, 0.15) is 36.6 Å². The van der Waals surface area contributed by atoms with E-state index in [0.717, 1.165) is 4.90 Å². The number of aryl methyl sites for hydroxylation is 1. The molecule has 26 heavy (non-hydrogen) atoms. The Kier molecular flexibility index (Phi) is 6.40. The first-order valence-corrected chi connectivity index (χ1v) is 8.51. The number of hydrogen-bond acceptors (Lipinski definition) is 4. The second kappa shape index (κ2) is 8.17. The maximum atomic E-state index is 13.1. The van der Waals surface area contributed by atoms with Gasteiger partial charge < -0.3 is 25.0 Å². The van der Waals surface area contributed by atoms with E-state index < -0.39 is 36.7 Å². The number of rotatable bonds is 6. The highest BCUT2D eigenvalue weighted by atomic mass is 35.5. The van der Waals surface area contributed by atoms with Crippen LogP contribution in [0.4, 0.5) is 13.6 Å². The van der Waals surface area contributed by atoms with Gasteiger partial charge in [0.05, 0.1) is 24.4 Å². The highest BCUT2D eigenvalue weighted by Crippen LogP contribution is 2.20. The average Bonchev–Trinajstić information content (AvgIpc) is 2.94. The molecule has 1 saturated heterocycles. The fourth-order valence-electron chi connectivity index (χ4n) is 2.64. The summed E-state index contributed by atoms with van der Waals surface area (Å²) in [7, 11) is 0. The highest BCUT2D eigenvalue weighted by molar-refractivity contribution is 6.30. The molecule has 0 saturated carbocycles. The first-order chi connectivity index (χ1) is 12.1. The second-order valence-electron chi connectivity index (χ2n) is 6.23. The Morgan fingerprint density at radius 3 is 2.77 bits per heavy atom. The summed E-state index contributed by atoms with van der Waals surface area (Å²) >= 11 is 5.91. The number of piperidine rings is 1. The van der Waals surface area contributed by atoms with Crippen molar-refractivity contribution in [2.45, 2.75) is 44.8 Å². The summed E-state index contributed by atoms with van der Waals surface area (Å²) in [5, 5.41) is 12.0. The molecule has 2 rings (SSSR count). The first-order valence-electron chi connectivity index (χ1n) is 8.13. The van der Waals surface area contributed by atoms with Gasteiger partial charge in [0.1, 0.15) is 6.61 Å². The lowest BCUT2D eigenvalue weighted by atomic mass is 10.0. The van der Waals surface area contributed by atoms with Crippen molar-refractivity contribution in [3.63, 3.8) is 0 Å². The van der Waals surface area contributed by atoms with Gasteiger partial charge in [-0.2, -0.15) is 0 Å². The van der Waals surface area contributed by atoms with Gasteiger partial charge in [-0.15, -0.1) is 0 Å². The number of nitrogens with one attached hydrogen (secondary N) is 2. The molecule has 2 amide bonds. The van der Waals surface area contributed by atoms with E-state index in [-0.39, 0.29) is 30.5 Å². The van der Waals surface area contributed by atoms with Crippen molar-refractivity contribution in [3.05, 3.63) is 16.7 Å². The summed E-state index contributed by atoms with van der Waals surface area (Å²) in [6.45, 7) is 1.72. The lowest BCUT2D eigenvalue weighted by Gasteiger charge is -2.37. The molecule has 8 nitrogen and oxygen atoms in total. The molecule has 146 valence electrons. The molecule has 1 fully saturated rings. The maximum Gasteiger partial charge on any atom is 0.407 e. The largest absolute Gasteiger partial charge is 0.465 e. The normalized spacial score (nSPS) is 20.9.